The van der Waals surface area contributed by atoms with Crippen LogP contribution in [0.3, 0.4) is 0 Å². The number of carboxylic acid groups (broad SMARTS) is 1. The maximum atomic E-state index is 12.5. The molecule has 1 saturated carbocycles. The number of benzene rings is 1. The molecule has 0 saturated heterocycles. The van der Waals surface area contributed by atoms with Crippen LogP contribution < -0.4 is 14.8 Å². The Morgan fingerprint density at radius 2 is 2.19 bits per heavy atom. The number of aromatic nitrogens is 3. The fourth-order valence-electron chi connectivity index (χ4n) is 2.33. The summed E-state index contributed by atoms with van der Waals surface area (Å²) < 4.78 is 12.2. The van der Waals surface area contributed by atoms with Crippen LogP contribution >= 0.6 is 0 Å². The van der Waals surface area contributed by atoms with Crippen molar-refractivity contribution < 1.29 is 24.2 Å². The Kier molecular flexibility index (Phi) is 5.35. The van der Waals surface area contributed by atoms with E-state index in [1.165, 1.54) is 10.9 Å². The van der Waals surface area contributed by atoms with Crippen LogP contribution in [-0.4, -0.2) is 45.7 Å². The summed E-state index contributed by atoms with van der Waals surface area (Å²) in [5, 5.41) is 19.0. The number of nitrogens with one attached hydrogen (secondary N) is 1. The molecule has 0 bridgehead atoms. The normalized spacial score (nSPS) is 13.3. The third-order valence-electron chi connectivity index (χ3n) is 3.92. The van der Waals surface area contributed by atoms with Gasteiger partial charge in [0.05, 0.1) is 32.0 Å². The van der Waals surface area contributed by atoms with Crippen molar-refractivity contribution in [2.45, 2.75) is 25.9 Å². The van der Waals surface area contributed by atoms with E-state index in [2.05, 4.69) is 15.6 Å². The van der Waals surface area contributed by atoms with E-state index in [1.54, 1.807) is 25.3 Å². The molecule has 9 heteroatoms. The average Bonchev–Trinajstić information content (AvgIpc) is 3.36. The van der Waals surface area contributed by atoms with Crippen LogP contribution in [0.1, 0.15) is 28.9 Å². The van der Waals surface area contributed by atoms with Crippen LogP contribution in [0.2, 0.25) is 0 Å². The van der Waals surface area contributed by atoms with Crippen LogP contribution in [0.15, 0.2) is 24.4 Å². The highest BCUT2D eigenvalue weighted by Gasteiger charge is 2.23. The lowest BCUT2D eigenvalue weighted by atomic mass is 10.1. The molecule has 0 aliphatic heterocycles. The highest BCUT2D eigenvalue weighted by atomic mass is 16.5. The second-order valence-electron chi connectivity index (χ2n) is 6.10. The van der Waals surface area contributed by atoms with Crippen LogP contribution in [0, 0.1) is 5.92 Å². The van der Waals surface area contributed by atoms with Crippen molar-refractivity contribution in [3.8, 4) is 11.5 Å². The highest BCUT2D eigenvalue weighted by Crippen LogP contribution is 2.31. The fraction of sp³-hybridized carbons (Fsp3) is 0.412. The van der Waals surface area contributed by atoms with Gasteiger partial charge in [-0.15, -0.1) is 5.10 Å². The summed E-state index contributed by atoms with van der Waals surface area (Å²) in [5.74, 6) is 0.320. The third-order valence-corrected chi connectivity index (χ3v) is 3.92. The van der Waals surface area contributed by atoms with Gasteiger partial charge in [0.25, 0.3) is 5.91 Å². The molecule has 9 nitrogen and oxygen atoms in total. The molecule has 138 valence electrons. The Bertz CT molecular complexity index is 800. The summed E-state index contributed by atoms with van der Waals surface area (Å²) in [6.45, 7) is 0.433. The Morgan fingerprint density at radius 1 is 1.38 bits per heavy atom. The Balaban J connectivity index is 1.64. The lowest BCUT2D eigenvalue weighted by Gasteiger charge is -2.12. The molecule has 0 radical (unpaired) electrons. The number of hydrogen-bond donors (Lipinski definition) is 2. The molecule has 1 aromatic carbocycles. The minimum Gasteiger partial charge on any atom is -0.497 e. The first-order chi connectivity index (χ1) is 12.5. The minimum atomic E-state index is -1.01. The Labute approximate surface area is 149 Å². The zero-order valence-corrected chi connectivity index (χ0v) is 14.3. The smallest absolute Gasteiger partial charge is 0.325 e. The van der Waals surface area contributed by atoms with E-state index in [9.17, 15) is 9.59 Å². The number of nitrogens with zero attached hydrogens (tertiary/aromatic N) is 3. The van der Waals surface area contributed by atoms with Gasteiger partial charge in [0, 0.05) is 6.07 Å². The van der Waals surface area contributed by atoms with Crippen LogP contribution in [0.25, 0.3) is 0 Å². The lowest BCUT2D eigenvalue weighted by Crippen LogP contribution is -2.24. The maximum absolute atomic E-state index is 12.5. The van der Waals surface area contributed by atoms with E-state index < -0.39 is 5.97 Å². The third kappa shape index (κ3) is 4.71. The predicted octanol–water partition coefficient (Wildman–Crippen LogP) is 1.09. The quantitative estimate of drug-likeness (QED) is 0.688. The number of rotatable bonds is 9. The summed E-state index contributed by atoms with van der Waals surface area (Å²) in [7, 11) is 1.56. The second-order valence-corrected chi connectivity index (χ2v) is 6.10. The first kappa shape index (κ1) is 17.7. The predicted molar refractivity (Wildman–Crippen MR) is 90.0 cm³/mol. The summed E-state index contributed by atoms with van der Waals surface area (Å²) >= 11 is 0. The molecule has 0 unspecified atom stereocenters. The number of amides is 1. The molecule has 0 atom stereocenters. The van der Waals surface area contributed by atoms with Crippen LogP contribution in [0.4, 0.5) is 0 Å². The standard InChI is InChI=1S/C17H20N4O5/c1-25-13-4-5-14(15(6-13)26-10-11-2-3-11)17(24)18-7-12-8-21(20-19-12)9-16(22)23/h4-6,8,11H,2-3,7,9-10H2,1H3,(H,18,24)(H,22,23). The van der Waals surface area contributed by atoms with E-state index in [0.29, 0.717) is 35.3 Å². The first-order valence-corrected chi connectivity index (χ1v) is 8.25. The molecule has 1 aliphatic rings. The van der Waals surface area contributed by atoms with Crippen molar-refractivity contribution >= 4 is 11.9 Å². The van der Waals surface area contributed by atoms with E-state index in [0.717, 1.165) is 12.8 Å². The van der Waals surface area contributed by atoms with Crippen molar-refractivity contribution in [2.24, 2.45) is 5.92 Å². The van der Waals surface area contributed by atoms with E-state index in [4.69, 9.17) is 14.6 Å². The number of carbonyl (C=O) groups is 2. The van der Waals surface area contributed by atoms with Crippen molar-refractivity contribution in [3.63, 3.8) is 0 Å². The molecule has 1 amide bonds. The van der Waals surface area contributed by atoms with Gasteiger partial charge in [-0.05, 0) is 30.9 Å². The fourth-order valence-corrected chi connectivity index (χ4v) is 2.33. The van der Waals surface area contributed by atoms with Crippen molar-refractivity contribution in [1.29, 1.82) is 0 Å². The molecular weight excluding hydrogens is 340 g/mol. The maximum Gasteiger partial charge on any atom is 0.325 e. The molecule has 3 rings (SSSR count). The number of carbonyl (C=O) groups excluding carboxylic acids is 1. The summed E-state index contributed by atoms with van der Waals surface area (Å²) in [6.07, 6.45) is 3.78. The molecule has 1 aliphatic carbocycles. The molecular formula is C17H20N4O5. The van der Waals surface area contributed by atoms with E-state index in [1.807, 2.05) is 0 Å². The molecule has 0 spiro atoms. The lowest BCUT2D eigenvalue weighted by molar-refractivity contribution is -0.137. The van der Waals surface area contributed by atoms with Crippen LogP contribution in [0.5, 0.6) is 11.5 Å². The van der Waals surface area contributed by atoms with Gasteiger partial charge in [0.1, 0.15) is 23.7 Å². The van der Waals surface area contributed by atoms with Crippen molar-refractivity contribution in [2.75, 3.05) is 13.7 Å². The largest absolute Gasteiger partial charge is 0.497 e. The van der Waals surface area contributed by atoms with Gasteiger partial charge in [-0.3, -0.25) is 9.59 Å². The minimum absolute atomic E-state index is 0.131. The SMILES string of the molecule is COc1ccc(C(=O)NCc2cn(CC(=O)O)nn2)c(OCC2CC2)c1. The Hall–Kier alpha value is -3.10. The highest BCUT2D eigenvalue weighted by molar-refractivity contribution is 5.97. The molecule has 2 N–H and O–H groups in total. The zero-order valence-electron chi connectivity index (χ0n) is 14.3. The molecule has 1 heterocycles. The van der Waals surface area contributed by atoms with Gasteiger partial charge in [-0.2, -0.15) is 0 Å². The molecule has 2 aromatic rings. The first-order valence-electron chi connectivity index (χ1n) is 8.25. The number of aliphatic carboxylic acids is 1. The second kappa shape index (κ2) is 7.85. The molecule has 1 aromatic heterocycles. The number of hydrogen-bond acceptors (Lipinski definition) is 6. The monoisotopic (exact) mass is 360 g/mol. The number of ether oxygens (including phenoxy) is 2. The molecule has 26 heavy (non-hydrogen) atoms. The van der Waals surface area contributed by atoms with Gasteiger partial charge < -0.3 is 19.9 Å². The topological polar surface area (TPSA) is 116 Å². The summed E-state index contributed by atoms with van der Waals surface area (Å²) in [4.78, 5) is 23.2. The van der Waals surface area contributed by atoms with Crippen molar-refractivity contribution in [3.05, 3.63) is 35.7 Å². The van der Waals surface area contributed by atoms with Gasteiger partial charge >= 0.3 is 5.97 Å². The summed E-state index contributed by atoms with van der Waals surface area (Å²) in [6, 6.07) is 5.04. The van der Waals surface area contributed by atoms with E-state index in [-0.39, 0.29) is 19.0 Å². The van der Waals surface area contributed by atoms with Gasteiger partial charge in [0.2, 0.25) is 0 Å². The van der Waals surface area contributed by atoms with Gasteiger partial charge in [-0.1, -0.05) is 5.21 Å². The number of carboxylic acids is 1. The van der Waals surface area contributed by atoms with Gasteiger partial charge in [-0.25, -0.2) is 4.68 Å². The zero-order chi connectivity index (χ0) is 18.5. The Morgan fingerprint density at radius 3 is 2.88 bits per heavy atom. The van der Waals surface area contributed by atoms with E-state index >= 15 is 0 Å². The number of methoxy groups -OCH3 is 1. The summed E-state index contributed by atoms with van der Waals surface area (Å²) in [5.41, 5.74) is 0.873. The van der Waals surface area contributed by atoms with Crippen molar-refractivity contribution in [1.82, 2.24) is 20.3 Å². The average molecular weight is 360 g/mol. The molecule has 1 fully saturated rings. The van der Waals surface area contributed by atoms with Crippen LogP contribution in [-0.2, 0) is 17.9 Å². The van der Waals surface area contributed by atoms with Gasteiger partial charge in [0.15, 0.2) is 0 Å².